The highest BCUT2D eigenvalue weighted by molar-refractivity contribution is 8.77. The molecule has 622 valence electrons. The van der Waals surface area contributed by atoms with E-state index < -0.39 is 61.7 Å². The minimum atomic E-state index is -0.692. The lowest BCUT2D eigenvalue weighted by Crippen LogP contribution is -2.48. The molecule has 50 heteroatoms. The standard InChI is InChI=1S/C60H102N20O10S20/c81-51-61(1-21-91)41-45(69(51)9-29-99)73(55(85)65(41)5-25-95)13-33-103-107-37-17-77-49-50(79(59(77)89)19-39-109-105-35-15-75-47-43(67(7-27-97)57(75)87)63(3-23-93)53(83)71(47)11-31-101)80(20-40-110-106-36-16-76-48-44(68(8-28-98)58(76)88)64(4-24-94)54(84)72(48)12-32-102)60(90)78(49)18-38-108-104-34-14-74-46-42(66(6-26-96)56(74)86)62(2-22-92)52(82)70(46)10-30-100/h41-50,91-102H,1-40H2. The molecule has 0 aromatic heterocycles. The van der Waals surface area contributed by atoms with E-state index in [1.54, 1.807) is 165 Å². The van der Waals surface area contributed by atoms with Crippen LogP contribution in [0.15, 0.2) is 0 Å². The molecule has 110 heavy (non-hydrogen) atoms. The van der Waals surface area contributed by atoms with E-state index >= 15 is 9.59 Å². The van der Waals surface area contributed by atoms with Crippen LogP contribution in [0.3, 0.4) is 0 Å². The zero-order valence-electron chi connectivity index (χ0n) is 60.7. The number of hydrogen-bond acceptors (Lipinski definition) is 30. The molecule has 8 atom stereocenters. The van der Waals surface area contributed by atoms with Gasteiger partial charge in [-0.1, -0.05) is 86.4 Å². The largest absolute Gasteiger partial charge is 0.323 e. The molecule has 30 nitrogen and oxygen atoms in total. The smallest absolute Gasteiger partial charge is 0.299 e. The number of carbonyl (C=O) groups is 10. The van der Waals surface area contributed by atoms with Gasteiger partial charge in [0.2, 0.25) is 0 Å². The van der Waals surface area contributed by atoms with E-state index in [2.05, 4.69) is 152 Å². The van der Waals surface area contributed by atoms with Crippen molar-refractivity contribution in [2.75, 3.05) is 246 Å². The summed E-state index contributed by atoms with van der Waals surface area (Å²) in [5.41, 5.74) is 0. The first kappa shape index (κ1) is 92.0. The summed E-state index contributed by atoms with van der Waals surface area (Å²) in [5.74, 6) is 9.01. The van der Waals surface area contributed by atoms with Gasteiger partial charge in [-0.05, 0) is 0 Å². The number of fused-ring (bicyclic) bond motifs is 5. The van der Waals surface area contributed by atoms with Crippen LogP contribution in [0.25, 0.3) is 0 Å². The molecule has 0 spiro atoms. The fourth-order valence-corrected chi connectivity index (χ4v) is 26.5. The summed E-state index contributed by atoms with van der Waals surface area (Å²) in [6.07, 6.45) is -5.41. The summed E-state index contributed by atoms with van der Waals surface area (Å²) in [7, 11) is 12.5. The molecule has 20 amide bonds. The monoisotopic (exact) mass is 1900 g/mol. The third-order valence-corrected chi connectivity index (χ3v) is 32.2. The van der Waals surface area contributed by atoms with Crippen molar-refractivity contribution in [3.63, 3.8) is 0 Å². The van der Waals surface area contributed by atoms with Crippen LogP contribution in [0.1, 0.15) is 0 Å². The molecule has 0 radical (unpaired) electrons. The van der Waals surface area contributed by atoms with Crippen molar-refractivity contribution in [2.45, 2.75) is 61.7 Å². The van der Waals surface area contributed by atoms with Gasteiger partial charge >= 0.3 is 60.3 Å². The van der Waals surface area contributed by atoms with E-state index in [1.165, 1.54) is 0 Å². The third-order valence-electron chi connectivity index (χ3n) is 20.4. The van der Waals surface area contributed by atoms with Crippen molar-refractivity contribution in [1.29, 1.82) is 0 Å². The first-order chi connectivity index (χ1) is 53.4. The summed E-state index contributed by atoms with van der Waals surface area (Å²) in [6.45, 7) is 6.90. The van der Waals surface area contributed by atoms with E-state index in [4.69, 9.17) is 0 Å². The maximum atomic E-state index is 15.5. The zero-order chi connectivity index (χ0) is 79.0. The lowest BCUT2D eigenvalue weighted by atomic mass is 10.3. The van der Waals surface area contributed by atoms with Gasteiger partial charge in [0.1, 0.15) is 61.7 Å². The molecule has 0 aromatic carbocycles. The fraction of sp³-hybridized carbons (Fsp3) is 0.833. The second kappa shape index (κ2) is 44.8. The van der Waals surface area contributed by atoms with Gasteiger partial charge < -0.3 is 0 Å². The van der Waals surface area contributed by atoms with E-state index in [0.717, 1.165) is 0 Å². The van der Waals surface area contributed by atoms with Crippen LogP contribution in [0.2, 0.25) is 0 Å². The number of urea groups is 10. The summed E-state index contributed by atoms with van der Waals surface area (Å²) < 4.78 is 0. The van der Waals surface area contributed by atoms with E-state index in [1.807, 2.05) is 19.6 Å². The number of thiol groups is 12. The van der Waals surface area contributed by atoms with Gasteiger partial charge in [0.15, 0.2) is 0 Å². The molecule has 8 unspecified atom stereocenters. The van der Waals surface area contributed by atoms with Crippen molar-refractivity contribution in [3.8, 4) is 0 Å². The Balaban J connectivity index is 0.852. The van der Waals surface area contributed by atoms with E-state index in [0.29, 0.717) is 220 Å². The number of carbonyl (C=O) groups excluding carboxylic acids is 10. The quantitative estimate of drug-likeness (QED) is 0.0182. The van der Waals surface area contributed by atoms with Gasteiger partial charge in [-0.3, -0.25) is 98.0 Å². The SMILES string of the molecule is O=C1N(CCS)C2C(N1CCS)N(CCSSCCN1C(=O)N(CCSSCCN3C(=O)N(CCS)C4C3N(CCS)C(=O)N4CCS)C3C1N(CCSSCCN1C(=O)N(CCS)C4C1N(CCS)C(=O)N4CCS)C(=O)N3CCSSCCN1C(=O)N(CCS)C3C1N(CCS)C(=O)N3CCS)C(=O)N2CCS. The van der Waals surface area contributed by atoms with Crippen LogP contribution in [0, 0.1) is 0 Å². The van der Waals surface area contributed by atoms with Crippen molar-refractivity contribution < 1.29 is 47.9 Å². The molecule has 0 saturated carbocycles. The van der Waals surface area contributed by atoms with Crippen molar-refractivity contribution >= 4 is 298 Å². The molecule has 10 fully saturated rings. The first-order valence-corrected chi connectivity index (χ1v) is 54.0. The average molecular weight is 1900 g/mol. The Hall–Kier alpha value is -0.300. The number of amides is 20. The van der Waals surface area contributed by atoms with Gasteiger partial charge in [0.05, 0.1) is 0 Å². The molecule has 0 aromatic rings. The van der Waals surface area contributed by atoms with Gasteiger partial charge in [0, 0.05) is 246 Å². The number of hydrogen-bond donors (Lipinski definition) is 12. The lowest BCUT2D eigenvalue weighted by molar-refractivity contribution is 0.136. The minimum Gasteiger partial charge on any atom is -0.299 e. The van der Waals surface area contributed by atoms with Crippen molar-refractivity contribution in [3.05, 3.63) is 0 Å². The zero-order valence-corrected chi connectivity index (χ0v) is 78.0. The van der Waals surface area contributed by atoms with Crippen LogP contribution in [-0.2, 0) is 0 Å². The van der Waals surface area contributed by atoms with Gasteiger partial charge in [-0.2, -0.15) is 152 Å². The van der Waals surface area contributed by atoms with Crippen LogP contribution < -0.4 is 0 Å². The van der Waals surface area contributed by atoms with Crippen molar-refractivity contribution in [1.82, 2.24) is 98.0 Å². The molecule has 10 aliphatic heterocycles. The van der Waals surface area contributed by atoms with E-state index in [9.17, 15) is 38.4 Å². The highest BCUT2D eigenvalue weighted by atomic mass is 33.1. The average Bonchev–Trinajstić information content (AvgIpc) is 1.61. The molecular weight excluding hydrogens is 1800 g/mol. The van der Waals surface area contributed by atoms with Gasteiger partial charge in [0.25, 0.3) is 0 Å². The minimum absolute atomic E-state index is 0.162. The molecule has 10 saturated heterocycles. The molecule has 10 aliphatic rings. The highest BCUT2D eigenvalue weighted by Crippen LogP contribution is 2.43. The van der Waals surface area contributed by atoms with Crippen LogP contribution in [0.4, 0.5) is 47.9 Å². The normalized spacial score (nSPS) is 25.4. The van der Waals surface area contributed by atoms with Crippen LogP contribution in [0.5, 0.6) is 0 Å². The Morgan fingerprint density at radius 1 is 0.145 bits per heavy atom. The number of rotatable bonds is 52. The fourth-order valence-electron chi connectivity index (χ4n) is 16.2. The maximum absolute atomic E-state index is 15.5. The molecule has 0 N–H and O–H groups in total. The highest BCUT2D eigenvalue weighted by Gasteiger charge is 2.64. The second-order valence-corrected chi connectivity index (χ2v) is 42.3. The van der Waals surface area contributed by atoms with E-state index in [-0.39, 0.29) is 86.5 Å². The number of nitrogens with zero attached hydrogens (tertiary/aromatic N) is 20. The Morgan fingerprint density at radius 3 is 0.291 bits per heavy atom. The molecule has 10 heterocycles. The molecule has 0 aliphatic carbocycles. The second-order valence-electron chi connectivity index (χ2n) is 26.1. The summed E-state index contributed by atoms with van der Waals surface area (Å²) in [4.78, 5) is 178. The summed E-state index contributed by atoms with van der Waals surface area (Å²) in [5, 5.41) is 0. The topological polar surface area (TPSA) is 236 Å². The van der Waals surface area contributed by atoms with Gasteiger partial charge in [-0.25, -0.2) is 47.9 Å². The molecule has 10 rings (SSSR count). The summed E-state index contributed by atoms with van der Waals surface area (Å²) in [6, 6.07) is -1.78. The molecular formula is C60H102N20O10S20. The Labute approximate surface area is 743 Å². The third kappa shape index (κ3) is 19.4. The summed E-state index contributed by atoms with van der Waals surface area (Å²) >= 11 is 53.7. The van der Waals surface area contributed by atoms with Crippen LogP contribution in [-0.4, -0.2) is 466 Å². The first-order valence-electron chi connectivity index (χ1n) is 36.4. The Bertz CT molecular complexity index is 2760. The predicted octanol–water partition coefficient (Wildman–Crippen LogP) is 6.31. The van der Waals surface area contributed by atoms with Gasteiger partial charge in [-0.15, -0.1) is 0 Å². The van der Waals surface area contributed by atoms with Crippen molar-refractivity contribution in [2.24, 2.45) is 0 Å². The Kier molecular flexibility index (Phi) is 37.5. The lowest BCUT2D eigenvalue weighted by Gasteiger charge is -2.30. The Morgan fingerprint density at radius 2 is 0.218 bits per heavy atom. The van der Waals surface area contributed by atoms with Crippen LogP contribution >= 0.6 is 238 Å². The predicted molar refractivity (Wildman–Crippen MR) is 492 cm³/mol. The molecule has 0 bridgehead atoms. The maximum Gasteiger partial charge on any atom is 0.323 e.